The van der Waals surface area contributed by atoms with E-state index in [0.717, 1.165) is 11.3 Å². The van der Waals surface area contributed by atoms with Crippen LogP contribution in [0.4, 0.5) is 0 Å². The van der Waals surface area contributed by atoms with Gasteiger partial charge in [0.05, 0.1) is 60.2 Å². The zero-order valence-corrected chi connectivity index (χ0v) is 24.0. The number of hydrogen-bond acceptors (Lipinski definition) is 9. The van der Waals surface area contributed by atoms with Crippen molar-refractivity contribution in [2.24, 2.45) is 5.73 Å². The number of nitrogens with zero attached hydrogens (tertiary/aromatic N) is 3. The number of benzene rings is 2. The number of ether oxygens (including phenoxy) is 4. The molecule has 0 bridgehead atoms. The minimum absolute atomic E-state index is 0.0119. The Morgan fingerprint density at radius 1 is 0.900 bits per heavy atom. The third-order valence-electron chi connectivity index (χ3n) is 6.12. The molecule has 0 saturated heterocycles. The Kier molecular flexibility index (Phi) is 8.22. The fourth-order valence-electron chi connectivity index (χ4n) is 4.48. The topological polar surface area (TPSA) is 133 Å². The van der Waals surface area contributed by atoms with E-state index in [-0.39, 0.29) is 29.2 Å². The van der Waals surface area contributed by atoms with Gasteiger partial charge in [0, 0.05) is 0 Å². The predicted molar refractivity (Wildman–Crippen MR) is 154 cm³/mol. The van der Waals surface area contributed by atoms with Crippen LogP contribution < -0.4 is 39.4 Å². The molecule has 1 aliphatic heterocycles. The van der Waals surface area contributed by atoms with Gasteiger partial charge in [0.2, 0.25) is 0 Å². The SMILES string of the molecule is COc1cc(C=c2sc3n(c2=O)C(N)=C(C#N)C(c2ccc(OC(C)C)c(OC)c2)C=3C#N)ccc1OC(C)C. The monoisotopic (exact) mass is 558 g/mol. The molecular weight excluding hydrogens is 528 g/mol. The van der Waals surface area contributed by atoms with Crippen molar-refractivity contribution in [3.63, 3.8) is 0 Å². The summed E-state index contributed by atoms with van der Waals surface area (Å²) < 4.78 is 24.6. The molecule has 9 nitrogen and oxygen atoms in total. The van der Waals surface area contributed by atoms with Crippen LogP contribution in [-0.4, -0.2) is 31.0 Å². The van der Waals surface area contributed by atoms with Crippen LogP contribution in [0.1, 0.15) is 44.7 Å². The maximum absolute atomic E-state index is 13.5. The number of fused-ring (bicyclic) bond motifs is 1. The average molecular weight is 559 g/mol. The smallest absolute Gasteiger partial charge is 0.274 e. The minimum atomic E-state index is -0.782. The van der Waals surface area contributed by atoms with E-state index < -0.39 is 11.5 Å². The maximum atomic E-state index is 13.5. The van der Waals surface area contributed by atoms with E-state index in [1.165, 1.54) is 11.7 Å². The van der Waals surface area contributed by atoms with Crippen molar-refractivity contribution in [3.8, 4) is 35.1 Å². The lowest BCUT2D eigenvalue weighted by atomic mass is 9.84. The summed E-state index contributed by atoms with van der Waals surface area (Å²) in [4.78, 5) is 13.5. The molecule has 4 rings (SSSR count). The Morgan fingerprint density at radius 2 is 1.48 bits per heavy atom. The van der Waals surface area contributed by atoms with Gasteiger partial charge in [-0.15, -0.1) is 11.3 Å². The standard InChI is InChI=1S/C30H30N4O5S/c1-16(2)38-22-9-7-18(11-24(22)36-5)12-26-29(35)34-28(33)20(14-31)27(21(15-32)30(34)40-26)19-8-10-23(39-17(3)4)25(13-19)37-6/h7-13,16-17,27H,33H2,1-6H3. The highest BCUT2D eigenvalue weighted by atomic mass is 32.1. The van der Waals surface area contributed by atoms with Crippen molar-refractivity contribution in [2.75, 3.05) is 14.2 Å². The highest BCUT2D eigenvalue weighted by molar-refractivity contribution is 7.07. The Bertz CT molecular complexity index is 1750. The highest BCUT2D eigenvalue weighted by Gasteiger charge is 2.32. The second kappa shape index (κ2) is 11.6. The molecule has 1 atom stereocenters. The van der Waals surface area contributed by atoms with Crippen LogP contribution in [0.3, 0.4) is 0 Å². The number of rotatable bonds is 8. The molecule has 0 amide bonds. The normalized spacial score (nSPS) is 15.1. The molecule has 0 aliphatic carbocycles. The molecule has 206 valence electrons. The lowest BCUT2D eigenvalue weighted by Gasteiger charge is -2.23. The molecule has 0 saturated carbocycles. The molecule has 2 N–H and O–H groups in total. The van der Waals surface area contributed by atoms with Gasteiger partial charge in [0.25, 0.3) is 5.56 Å². The zero-order valence-electron chi connectivity index (χ0n) is 23.1. The molecule has 3 aromatic rings. The Hall–Kier alpha value is -4.67. The number of aromatic nitrogens is 1. The first-order chi connectivity index (χ1) is 19.1. The van der Waals surface area contributed by atoms with E-state index in [0.29, 0.717) is 43.3 Å². The summed E-state index contributed by atoms with van der Waals surface area (Å²) in [6.07, 6.45) is 1.59. The molecule has 0 radical (unpaired) electrons. The van der Waals surface area contributed by atoms with E-state index in [1.54, 1.807) is 43.5 Å². The molecule has 1 aliphatic rings. The summed E-state index contributed by atoms with van der Waals surface area (Å²) in [6.45, 7) is 7.65. The third-order valence-corrected chi connectivity index (χ3v) is 7.23. The number of methoxy groups -OCH3 is 2. The van der Waals surface area contributed by atoms with E-state index >= 15 is 0 Å². The third kappa shape index (κ3) is 5.27. The lowest BCUT2D eigenvalue weighted by molar-refractivity contribution is 0.230. The van der Waals surface area contributed by atoms with Gasteiger partial charge in [0.15, 0.2) is 23.0 Å². The van der Waals surface area contributed by atoms with Gasteiger partial charge in [-0.05, 0) is 69.2 Å². The summed E-state index contributed by atoms with van der Waals surface area (Å²) in [6, 6.07) is 15.0. The van der Waals surface area contributed by atoms with Crippen LogP contribution in [0.2, 0.25) is 0 Å². The van der Waals surface area contributed by atoms with E-state index in [1.807, 2.05) is 33.8 Å². The summed E-state index contributed by atoms with van der Waals surface area (Å²) in [5, 5.41) is 20.4. The fraction of sp³-hybridized carbons (Fsp3) is 0.300. The second-order valence-electron chi connectivity index (χ2n) is 9.58. The first-order valence-corrected chi connectivity index (χ1v) is 13.4. The van der Waals surface area contributed by atoms with Gasteiger partial charge in [0.1, 0.15) is 10.5 Å². The van der Waals surface area contributed by atoms with Crippen molar-refractivity contribution in [1.29, 1.82) is 10.5 Å². The van der Waals surface area contributed by atoms with Gasteiger partial charge >= 0.3 is 0 Å². The molecule has 1 unspecified atom stereocenters. The van der Waals surface area contributed by atoms with E-state index in [4.69, 9.17) is 24.7 Å². The van der Waals surface area contributed by atoms with Gasteiger partial charge in [-0.3, -0.25) is 9.36 Å². The number of thiazole rings is 1. The van der Waals surface area contributed by atoms with Gasteiger partial charge in [-0.25, -0.2) is 0 Å². The van der Waals surface area contributed by atoms with Gasteiger partial charge in [-0.1, -0.05) is 12.1 Å². The molecular formula is C30H30N4O5S. The van der Waals surface area contributed by atoms with Crippen molar-refractivity contribution in [3.05, 3.63) is 72.6 Å². The predicted octanol–water partition coefficient (Wildman–Crippen LogP) is 3.45. The molecule has 2 heterocycles. The highest BCUT2D eigenvalue weighted by Crippen LogP contribution is 2.39. The molecule has 2 aromatic carbocycles. The van der Waals surface area contributed by atoms with Crippen molar-refractivity contribution < 1.29 is 18.9 Å². The second-order valence-corrected chi connectivity index (χ2v) is 10.6. The number of nitriles is 2. The van der Waals surface area contributed by atoms with E-state index in [9.17, 15) is 15.3 Å². The van der Waals surface area contributed by atoms with Crippen LogP contribution in [0.15, 0.2) is 46.8 Å². The molecule has 40 heavy (non-hydrogen) atoms. The van der Waals surface area contributed by atoms with Crippen molar-refractivity contribution >= 4 is 28.8 Å². The number of allylic oxidation sites excluding steroid dienone is 1. The Labute approximate surface area is 236 Å². The van der Waals surface area contributed by atoms with E-state index in [2.05, 4.69) is 12.1 Å². The summed E-state index contributed by atoms with van der Waals surface area (Å²) in [5.74, 6) is 1.32. The van der Waals surface area contributed by atoms with Crippen LogP contribution in [0.25, 0.3) is 17.5 Å². The number of nitrogens with two attached hydrogens (primary N) is 1. The van der Waals surface area contributed by atoms with Crippen LogP contribution in [0.5, 0.6) is 23.0 Å². The van der Waals surface area contributed by atoms with Crippen LogP contribution in [0, 0.1) is 22.7 Å². The van der Waals surface area contributed by atoms with Crippen LogP contribution in [-0.2, 0) is 0 Å². The first-order valence-electron chi connectivity index (χ1n) is 12.6. The quantitative estimate of drug-likeness (QED) is 0.445. The minimum Gasteiger partial charge on any atom is -0.493 e. The number of hydrogen-bond donors (Lipinski definition) is 1. The van der Waals surface area contributed by atoms with Gasteiger partial charge in [-0.2, -0.15) is 10.5 Å². The Morgan fingerprint density at radius 3 is 2.02 bits per heavy atom. The molecule has 1 aromatic heterocycles. The summed E-state index contributed by atoms with van der Waals surface area (Å²) in [5.41, 5.74) is 7.67. The average Bonchev–Trinajstić information content (AvgIpc) is 3.24. The largest absolute Gasteiger partial charge is 0.493 e. The summed E-state index contributed by atoms with van der Waals surface area (Å²) >= 11 is 1.14. The maximum Gasteiger partial charge on any atom is 0.274 e. The van der Waals surface area contributed by atoms with Gasteiger partial charge < -0.3 is 24.7 Å². The molecule has 10 heteroatoms. The van der Waals surface area contributed by atoms with Crippen molar-refractivity contribution in [1.82, 2.24) is 4.57 Å². The fourth-order valence-corrected chi connectivity index (χ4v) is 5.60. The lowest BCUT2D eigenvalue weighted by Crippen LogP contribution is -2.38. The zero-order chi connectivity index (χ0) is 29.1. The first kappa shape index (κ1) is 28.3. The van der Waals surface area contributed by atoms with Crippen molar-refractivity contribution in [2.45, 2.75) is 45.8 Å². The van der Waals surface area contributed by atoms with Crippen LogP contribution >= 0.6 is 11.3 Å². The Balaban J connectivity index is 1.92. The summed E-state index contributed by atoms with van der Waals surface area (Å²) in [7, 11) is 3.07. The molecule has 0 spiro atoms. The molecule has 0 fully saturated rings.